The van der Waals surface area contributed by atoms with Gasteiger partial charge in [-0.25, -0.2) is 8.42 Å². The molecule has 166 valence electrons. The molecule has 2 aliphatic rings. The van der Waals surface area contributed by atoms with Crippen molar-refractivity contribution in [2.24, 2.45) is 5.92 Å². The first kappa shape index (κ1) is 23.1. The highest BCUT2D eigenvalue weighted by Gasteiger charge is 2.35. The summed E-state index contributed by atoms with van der Waals surface area (Å²) in [4.78, 5) is 12.7. The Morgan fingerprint density at radius 2 is 2.13 bits per heavy atom. The number of sulfonamides is 1. The fourth-order valence-electron chi connectivity index (χ4n) is 4.09. The lowest BCUT2D eigenvalue weighted by Gasteiger charge is -2.31. The molecule has 1 fully saturated rings. The predicted molar refractivity (Wildman–Crippen MR) is 118 cm³/mol. The lowest BCUT2D eigenvalue weighted by atomic mass is 9.96. The Bertz CT molecular complexity index is 885. The standard InChI is InChI=1S/C22H31ClN2O4S/c1-2-29-20-11-10-19(23)15-21(20)30(27,28)25-14-6-9-18(16-25)22(26)24-13-12-17-7-4-3-5-8-17/h7,10-11,15,18H,2-6,8-9,12-14,16H2,1H3,(H,24,26)/t18-/m0/s1. The van der Waals surface area contributed by atoms with Crippen molar-refractivity contribution in [3.05, 3.63) is 34.9 Å². The number of hydrogen-bond donors (Lipinski definition) is 1. The number of benzene rings is 1. The van der Waals surface area contributed by atoms with Crippen LogP contribution in [0.1, 0.15) is 51.9 Å². The maximum Gasteiger partial charge on any atom is 0.246 e. The van der Waals surface area contributed by atoms with Crippen molar-refractivity contribution in [2.45, 2.75) is 56.8 Å². The number of rotatable bonds is 8. The van der Waals surface area contributed by atoms with E-state index in [0.29, 0.717) is 37.6 Å². The molecule has 1 N–H and O–H groups in total. The van der Waals surface area contributed by atoms with E-state index in [1.807, 2.05) is 0 Å². The number of halogens is 1. The van der Waals surface area contributed by atoms with Gasteiger partial charge in [-0.15, -0.1) is 0 Å². The van der Waals surface area contributed by atoms with Gasteiger partial charge in [-0.3, -0.25) is 4.79 Å². The Kier molecular flexibility index (Phi) is 8.20. The summed E-state index contributed by atoms with van der Waals surface area (Å²) in [6, 6.07) is 4.61. The first-order chi connectivity index (χ1) is 14.4. The minimum atomic E-state index is -3.81. The first-order valence-corrected chi connectivity index (χ1v) is 12.6. The molecule has 3 rings (SSSR count). The van der Waals surface area contributed by atoms with Gasteiger partial charge in [0.15, 0.2) is 0 Å². The van der Waals surface area contributed by atoms with Crippen molar-refractivity contribution in [1.29, 1.82) is 0 Å². The van der Waals surface area contributed by atoms with Crippen molar-refractivity contribution >= 4 is 27.5 Å². The fraction of sp³-hybridized carbons (Fsp3) is 0.591. The van der Waals surface area contributed by atoms with E-state index < -0.39 is 10.0 Å². The zero-order chi connectivity index (χ0) is 21.6. The molecule has 1 aromatic rings. The second-order valence-electron chi connectivity index (χ2n) is 7.88. The Morgan fingerprint density at radius 3 is 2.87 bits per heavy atom. The van der Waals surface area contributed by atoms with Crippen LogP contribution in [0.15, 0.2) is 34.7 Å². The number of carbonyl (C=O) groups is 1. The maximum absolute atomic E-state index is 13.3. The molecule has 1 aliphatic heterocycles. The summed E-state index contributed by atoms with van der Waals surface area (Å²) in [5.41, 5.74) is 1.42. The Hall–Kier alpha value is -1.57. The fourth-order valence-corrected chi connectivity index (χ4v) is 6.01. The van der Waals surface area contributed by atoms with Gasteiger partial charge in [-0.2, -0.15) is 4.31 Å². The van der Waals surface area contributed by atoms with Crippen LogP contribution in [0, 0.1) is 5.92 Å². The van der Waals surface area contributed by atoms with Crippen molar-refractivity contribution < 1.29 is 17.9 Å². The molecular formula is C22H31ClN2O4S. The normalized spacial score (nSPS) is 20.5. The highest BCUT2D eigenvalue weighted by molar-refractivity contribution is 7.89. The highest BCUT2D eigenvalue weighted by Crippen LogP contribution is 2.32. The average molecular weight is 455 g/mol. The lowest BCUT2D eigenvalue weighted by molar-refractivity contribution is -0.126. The molecule has 1 aliphatic carbocycles. The molecule has 0 saturated carbocycles. The van der Waals surface area contributed by atoms with Crippen molar-refractivity contribution in [3.8, 4) is 5.75 Å². The summed E-state index contributed by atoms with van der Waals surface area (Å²) in [6.07, 6.45) is 9.22. The van der Waals surface area contributed by atoms with Gasteiger partial charge in [0.25, 0.3) is 0 Å². The van der Waals surface area contributed by atoms with E-state index in [1.165, 1.54) is 28.8 Å². The van der Waals surface area contributed by atoms with Crippen LogP contribution >= 0.6 is 11.6 Å². The number of allylic oxidation sites excluding steroid dienone is 1. The maximum atomic E-state index is 13.3. The molecular weight excluding hydrogens is 424 g/mol. The quantitative estimate of drug-likeness (QED) is 0.599. The molecule has 1 amide bonds. The summed E-state index contributed by atoms with van der Waals surface area (Å²) in [6.45, 7) is 3.32. The van der Waals surface area contributed by atoms with Gasteiger partial charge >= 0.3 is 0 Å². The molecule has 0 unspecified atom stereocenters. The van der Waals surface area contributed by atoms with Gasteiger partial charge in [-0.1, -0.05) is 23.3 Å². The van der Waals surface area contributed by atoms with E-state index in [-0.39, 0.29) is 29.0 Å². The third kappa shape index (κ3) is 5.77. The topological polar surface area (TPSA) is 75.7 Å². The van der Waals surface area contributed by atoms with Crippen LogP contribution in [0.25, 0.3) is 0 Å². The number of amides is 1. The van der Waals surface area contributed by atoms with Gasteiger partial charge in [0.2, 0.25) is 15.9 Å². The number of piperidine rings is 1. The summed E-state index contributed by atoms with van der Waals surface area (Å²) in [7, 11) is -3.81. The molecule has 0 spiro atoms. The monoisotopic (exact) mass is 454 g/mol. The third-order valence-electron chi connectivity index (χ3n) is 5.71. The smallest absolute Gasteiger partial charge is 0.246 e. The van der Waals surface area contributed by atoms with Crippen LogP contribution in [-0.4, -0.2) is 44.9 Å². The molecule has 8 heteroatoms. The Labute approximate surface area is 184 Å². The van der Waals surface area contributed by atoms with Gasteiger partial charge in [-0.05, 0) is 70.1 Å². The Balaban J connectivity index is 1.64. The van der Waals surface area contributed by atoms with Crippen molar-refractivity contribution in [1.82, 2.24) is 9.62 Å². The molecule has 6 nitrogen and oxygen atoms in total. The lowest BCUT2D eigenvalue weighted by Crippen LogP contribution is -2.45. The minimum absolute atomic E-state index is 0.0575. The van der Waals surface area contributed by atoms with Crippen LogP contribution < -0.4 is 10.1 Å². The van der Waals surface area contributed by atoms with Gasteiger partial charge < -0.3 is 10.1 Å². The van der Waals surface area contributed by atoms with Crippen LogP contribution in [0.3, 0.4) is 0 Å². The van der Waals surface area contributed by atoms with Crippen LogP contribution in [0.5, 0.6) is 5.75 Å². The minimum Gasteiger partial charge on any atom is -0.492 e. The Morgan fingerprint density at radius 1 is 1.30 bits per heavy atom. The summed E-state index contributed by atoms with van der Waals surface area (Å²) >= 11 is 6.06. The second kappa shape index (κ2) is 10.6. The molecule has 0 radical (unpaired) electrons. The number of nitrogens with one attached hydrogen (secondary N) is 1. The number of hydrogen-bond acceptors (Lipinski definition) is 4. The van der Waals surface area contributed by atoms with Gasteiger partial charge in [0, 0.05) is 24.7 Å². The third-order valence-corrected chi connectivity index (χ3v) is 7.83. The molecule has 1 aromatic carbocycles. The number of nitrogens with zero attached hydrogens (tertiary/aromatic N) is 1. The zero-order valence-electron chi connectivity index (χ0n) is 17.5. The van der Waals surface area contributed by atoms with Crippen LogP contribution in [0.4, 0.5) is 0 Å². The summed E-state index contributed by atoms with van der Waals surface area (Å²) in [5, 5.41) is 3.34. The largest absolute Gasteiger partial charge is 0.492 e. The van der Waals surface area contributed by atoms with Crippen LogP contribution in [-0.2, 0) is 14.8 Å². The van der Waals surface area contributed by atoms with E-state index in [1.54, 1.807) is 19.1 Å². The number of ether oxygens (including phenoxy) is 1. The van der Waals surface area contributed by atoms with E-state index in [4.69, 9.17) is 16.3 Å². The number of carbonyl (C=O) groups excluding carboxylic acids is 1. The first-order valence-electron chi connectivity index (χ1n) is 10.8. The molecule has 0 aromatic heterocycles. The van der Waals surface area contributed by atoms with E-state index >= 15 is 0 Å². The zero-order valence-corrected chi connectivity index (χ0v) is 19.1. The van der Waals surface area contributed by atoms with Gasteiger partial charge in [0.1, 0.15) is 10.6 Å². The van der Waals surface area contributed by atoms with Gasteiger partial charge in [0.05, 0.1) is 12.5 Å². The highest BCUT2D eigenvalue weighted by atomic mass is 35.5. The van der Waals surface area contributed by atoms with Crippen molar-refractivity contribution in [2.75, 3.05) is 26.2 Å². The molecule has 1 heterocycles. The predicted octanol–water partition coefficient (Wildman–Crippen LogP) is 4.15. The molecule has 30 heavy (non-hydrogen) atoms. The summed E-state index contributed by atoms with van der Waals surface area (Å²) in [5.74, 6) is -0.125. The molecule has 0 bridgehead atoms. The van der Waals surface area contributed by atoms with E-state index in [9.17, 15) is 13.2 Å². The van der Waals surface area contributed by atoms with Crippen LogP contribution in [0.2, 0.25) is 5.02 Å². The van der Waals surface area contributed by atoms with E-state index in [0.717, 1.165) is 19.3 Å². The molecule has 1 saturated heterocycles. The average Bonchev–Trinajstić information content (AvgIpc) is 2.76. The van der Waals surface area contributed by atoms with E-state index in [2.05, 4.69) is 11.4 Å². The molecule has 1 atom stereocenters. The SMILES string of the molecule is CCOc1ccc(Cl)cc1S(=O)(=O)N1CCC[C@H](C(=O)NCCC2=CCCCC2)C1. The second-order valence-corrected chi connectivity index (χ2v) is 10.2. The van der Waals surface area contributed by atoms with Crippen molar-refractivity contribution in [3.63, 3.8) is 0 Å². The summed E-state index contributed by atoms with van der Waals surface area (Å²) < 4.78 is 33.4.